The Bertz CT molecular complexity index is 925. The summed E-state index contributed by atoms with van der Waals surface area (Å²) >= 11 is 0. The summed E-state index contributed by atoms with van der Waals surface area (Å²) in [4.78, 5) is 16.0. The standard InChI is InChI=1S/C18H22N3O7P/c19-7-10-25-29(23)26-12-14-15(28-29)16(24-11-13-5-2-1-3-6-13)17(27-14)21-9-4-8-20-18(21)22/h1-6,8-9,14-17H,7,10-12,19H2/t14-,15-,16?,17-,29?/m1/s1. The van der Waals surface area contributed by atoms with Gasteiger partial charge in [-0.2, -0.15) is 0 Å². The normalized spacial score (nSPS) is 31.5. The maximum Gasteiger partial charge on any atom is 0.475 e. The van der Waals surface area contributed by atoms with Gasteiger partial charge in [-0.05, 0) is 11.6 Å². The molecule has 10 nitrogen and oxygen atoms in total. The van der Waals surface area contributed by atoms with Crippen LogP contribution in [-0.2, 0) is 34.2 Å². The van der Waals surface area contributed by atoms with Crippen molar-refractivity contribution in [2.45, 2.75) is 31.1 Å². The van der Waals surface area contributed by atoms with Gasteiger partial charge in [0.2, 0.25) is 0 Å². The quantitative estimate of drug-likeness (QED) is 0.655. The highest BCUT2D eigenvalue weighted by Crippen LogP contribution is 2.56. The monoisotopic (exact) mass is 423 g/mol. The number of nitrogens with zero attached hydrogens (tertiary/aromatic N) is 2. The number of rotatable bonds is 7. The lowest BCUT2D eigenvalue weighted by molar-refractivity contribution is -0.0754. The zero-order valence-electron chi connectivity index (χ0n) is 15.5. The molecule has 0 amide bonds. The van der Waals surface area contributed by atoms with Crippen molar-refractivity contribution in [2.75, 3.05) is 19.8 Å². The van der Waals surface area contributed by atoms with Crippen molar-refractivity contribution in [2.24, 2.45) is 5.73 Å². The number of fused-ring (bicyclic) bond motifs is 1. The van der Waals surface area contributed by atoms with Crippen LogP contribution in [0.5, 0.6) is 0 Å². The number of hydrogen-bond donors (Lipinski definition) is 1. The van der Waals surface area contributed by atoms with E-state index in [1.165, 1.54) is 10.8 Å². The van der Waals surface area contributed by atoms with Gasteiger partial charge in [0.25, 0.3) is 0 Å². The number of phosphoric ester groups is 1. The molecule has 2 saturated heterocycles. The Morgan fingerprint density at radius 2 is 2.10 bits per heavy atom. The van der Waals surface area contributed by atoms with Gasteiger partial charge in [-0.15, -0.1) is 0 Å². The smallest absolute Gasteiger partial charge is 0.366 e. The van der Waals surface area contributed by atoms with E-state index in [2.05, 4.69) is 4.98 Å². The Kier molecular flexibility index (Phi) is 6.21. The summed E-state index contributed by atoms with van der Waals surface area (Å²) in [6.07, 6.45) is 0.0569. The Hall–Kier alpha value is -1.91. The van der Waals surface area contributed by atoms with Crippen molar-refractivity contribution >= 4 is 7.82 Å². The summed E-state index contributed by atoms with van der Waals surface area (Å²) in [5.41, 5.74) is 5.85. The molecule has 5 atom stereocenters. The minimum Gasteiger partial charge on any atom is -0.366 e. The first-order valence-corrected chi connectivity index (χ1v) is 10.7. The highest BCUT2D eigenvalue weighted by molar-refractivity contribution is 7.48. The van der Waals surface area contributed by atoms with Gasteiger partial charge in [0, 0.05) is 18.9 Å². The second kappa shape index (κ2) is 8.85. The van der Waals surface area contributed by atoms with Crippen molar-refractivity contribution in [1.82, 2.24) is 9.55 Å². The zero-order valence-corrected chi connectivity index (χ0v) is 16.4. The molecule has 11 heteroatoms. The summed E-state index contributed by atoms with van der Waals surface area (Å²) in [6.45, 7) is 0.421. The first-order chi connectivity index (χ1) is 14.1. The van der Waals surface area contributed by atoms with Crippen LogP contribution in [0.4, 0.5) is 0 Å². The van der Waals surface area contributed by atoms with E-state index >= 15 is 0 Å². The van der Waals surface area contributed by atoms with E-state index in [0.29, 0.717) is 0 Å². The molecule has 1 aromatic heterocycles. The van der Waals surface area contributed by atoms with Gasteiger partial charge in [-0.1, -0.05) is 30.3 Å². The average molecular weight is 423 g/mol. The van der Waals surface area contributed by atoms with Gasteiger partial charge in [0.05, 0.1) is 19.8 Å². The van der Waals surface area contributed by atoms with E-state index in [1.54, 1.807) is 12.3 Å². The first-order valence-electron chi connectivity index (χ1n) is 9.21. The van der Waals surface area contributed by atoms with Gasteiger partial charge in [-0.25, -0.2) is 14.3 Å². The molecule has 2 unspecified atom stereocenters. The molecule has 2 aliphatic heterocycles. The van der Waals surface area contributed by atoms with Crippen LogP contribution >= 0.6 is 7.82 Å². The fraction of sp³-hybridized carbons (Fsp3) is 0.444. The SMILES string of the molecule is NCCOP1(=O)OC[C@H]2O[C@@H](n3cccnc3=O)C(OCc3ccccc3)[C@@H]2O1. The molecular formula is C18H22N3O7P. The van der Waals surface area contributed by atoms with Crippen LogP contribution in [-0.4, -0.2) is 47.6 Å². The van der Waals surface area contributed by atoms with Crippen LogP contribution in [0.3, 0.4) is 0 Å². The Morgan fingerprint density at radius 3 is 2.86 bits per heavy atom. The molecule has 2 aliphatic rings. The first kappa shape index (κ1) is 20.4. The lowest BCUT2D eigenvalue weighted by Crippen LogP contribution is -2.41. The molecule has 3 heterocycles. The van der Waals surface area contributed by atoms with Crippen molar-refractivity contribution in [3.8, 4) is 0 Å². The molecule has 0 aliphatic carbocycles. The van der Waals surface area contributed by atoms with Crippen LogP contribution in [0.25, 0.3) is 0 Å². The van der Waals surface area contributed by atoms with Crippen molar-refractivity contribution in [3.63, 3.8) is 0 Å². The van der Waals surface area contributed by atoms with Crippen molar-refractivity contribution in [1.29, 1.82) is 0 Å². The van der Waals surface area contributed by atoms with E-state index < -0.39 is 38.1 Å². The predicted octanol–water partition coefficient (Wildman–Crippen LogP) is 1.22. The van der Waals surface area contributed by atoms with E-state index in [4.69, 9.17) is 28.8 Å². The van der Waals surface area contributed by atoms with Gasteiger partial charge in [-0.3, -0.25) is 18.1 Å². The molecule has 0 saturated carbocycles. The third-order valence-electron chi connectivity index (χ3n) is 4.60. The molecule has 2 aromatic rings. The molecular weight excluding hydrogens is 401 g/mol. The van der Waals surface area contributed by atoms with Crippen molar-refractivity contribution < 1.29 is 27.6 Å². The predicted molar refractivity (Wildman–Crippen MR) is 101 cm³/mol. The second-order valence-corrected chi connectivity index (χ2v) is 8.19. The minimum absolute atomic E-state index is 0.0244. The minimum atomic E-state index is -3.81. The fourth-order valence-electron chi connectivity index (χ4n) is 3.28. The summed E-state index contributed by atoms with van der Waals surface area (Å²) in [6, 6.07) is 11.2. The lowest BCUT2D eigenvalue weighted by atomic mass is 10.1. The van der Waals surface area contributed by atoms with Gasteiger partial charge in [0.1, 0.15) is 18.3 Å². The molecule has 0 spiro atoms. The van der Waals surface area contributed by atoms with Gasteiger partial charge < -0.3 is 15.2 Å². The number of benzene rings is 1. The number of ether oxygens (including phenoxy) is 2. The molecule has 156 valence electrons. The van der Waals surface area contributed by atoms with Crippen molar-refractivity contribution in [3.05, 3.63) is 64.8 Å². The van der Waals surface area contributed by atoms with E-state index in [1.807, 2.05) is 30.3 Å². The Morgan fingerprint density at radius 1 is 1.28 bits per heavy atom. The largest absolute Gasteiger partial charge is 0.475 e. The van der Waals surface area contributed by atoms with Gasteiger partial charge in [0.15, 0.2) is 6.23 Å². The molecule has 1 aromatic carbocycles. The number of aromatic nitrogens is 2. The summed E-state index contributed by atoms with van der Waals surface area (Å²) in [5, 5.41) is 0. The van der Waals surface area contributed by atoms with E-state index in [0.717, 1.165) is 5.56 Å². The van der Waals surface area contributed by atoms with Crippen LogP contribution < -0.4 is 11.4 Å². The molecule has 2 N–H and O–H groups in total. The Balaban J connectivity index is 1.59. The zero-order chi connectivity index (χ0) is 20.3. The molecule has 0 bridgehead atoms. The lowest BCUT2D eigenvalue weighted by Gasteiger charge is -2.32. The average Bonchev–Trinajstić information content (AvgIpc) is 3.09. The third-order valence-corrected chi connectivity index (χ3v) is 6.06. The highest BCUT2D eigenvalue weighted by Gasteiger charge is 2.54. The van der Waals surface area contributed by atoms with E-state index in [9.17, 15) is 9.36 Å². The number of phosphoric acid groups is 1. The highest BCUT2D eigenvalue weighted by atomic mass is 31.2. The van der Waals surface area contributed by atoms with Crippen LogP contribution in [0.15, 0.2) is 53.6 Å². The molecule has 0 radical (unpaired) electrons. The van der Waals surface area contributed by atoms with Gasteiger partial charge >= 0.3 is 13.5 Å². The molecule has 29 heavy (non-hydrogen) atoms. The summed E-state index contributed by atoms with van der Waals surface area (Å²) in [5.74, 6) is 0. The number of hydrogen-bond acceptors (Lipinski definition) is 9. The third kappa shape index (κ3) is 4.49. The van der Waals surface area contributed by atoms with Crippen LogP contribution in [0.2, 0.25) is 0 Å². The maximum absolute atomic E-state index is 12.8. The van der Waals surface area contributed by atoms with E-state index in [-0.39, 0.29) is 26.4 Å². The second-order valence-electron chi connectivity index (χ2n) is 6.57. The number of nitrogens with two attached hydrogens (primary N) is 1. The summed E-state index contributed by atoms with van der Waals surface area (Å²) in [7, 11) is -3.81. The fourth-order valence-corrected chi connectivity index (χ4v) is 4.68. The van der Waals surface area contributed by atoms with Crippen LogP contribution in [0, 0.1) is 0 Å². The van der Waals surface area contributed by atoms with Crippen LogP contribution in [0.1, 0.15) is 11.8 Å². The summed E-state index contributed by atoms with van der Waals surface area (Å²) < 4.78 is 42.3. The molecule has 2 fully saturated rings. The topological polar surface area (TPSA) is 124 Å². The maximum atomic E-state index is 12.8. The molecule has 4 rings (SSSR count). The Labute approximate surface area is 167 Å².